The summed E-state index contributed by atoms with van der Waals surface area (Å²) in [5, 5.41) is 1.82. The molecule has 0 radical (unpaired) electrons. The van der Waals surface area contributed by atoms with E-state index in [0.29, 0.717) is 5.92 Å². The molecule has 4 heterocycles. The Balaban J connectivity index is 1.51. The van der Waals surface area contributed by atoms with Crippen LogP contribution in [0, 0.1) is 0 Å². The second kappa shape index (κ2) is 6.13. The van der Waals surface area contributed by atoms with Crippen molar-refractivity contribution in [2.24, 2.45) is 0 Å². The lowest BCUT2D eigenvalue weighted by Gasteiger charge is -2.33. The van der Waals surface area contributed by atoms with Gasteiger partial charge in [0.1, 0.15) is 0 Å². The minimum Gasteiger partial charge on any atom is -0.370 e. The molecule has 4 nitrogen and oxygen atoms in total. The zero-order chi connectivity index (χ0) is 15.6. The van der Waals surface area contributed by atoms with Crippen molar-refractivity contribution in [3.63, 3.8) is 0 Å². The van der Waals surface area contributed by atoms with E-state index in [2.05, 4.69) is 27.0 Å². The molecule has 0 spiro atoms. The van der Waals surface area contributed by atoms with Gasteiger partial charge < -0.3 is 4.90 Å². The SMILES string of the molecule is Clc1cnccc1N1CCC(c2ccc3cccnc3n2)CC1. The first-order chi connectivity index (χ1) is 11.3. The molecule has 0 atom stereocenters. The molecule has 0 unspecified atom stereocenters. The average molecular weight is 325 g/mol. The van der Waals surface area contributed by atoms with E-state index in [1.807, 2.05) is 18.2 Å². The van der Waals surface area contributed by atoms with Crippen LogP contribution in [0.4, 0.5) is 5.69 Å². The van der Waals surface area contributed by atoms with Crippen LogP contribution in [0.25, 0.3) is 11.0 Å². The molecule has 5 heteroatoms. The highest BCUT2D eigenvalue weighted by Gasteiger charge is 2.23. The van der Waals surface area contributed by atoms with Gasteiger partial charge in [-0.25, -0.2) is 9.97 Å². The highest BCUT2D eigenvalue weighted by atomic mass is 35.5. The normalized spacial score (nSPS) is 16.0. The monoisotopic (exact) mass is 324 g/mol. The maximum absolute atomic E-state index is 6.25. The number of hydrogen-bond donors (Lipinski definition) is 0. The molecule has 3 aromatic rings. The van der Waals surface area contributed by atoms with Gasteiger partial charge in [0.05, 0.1) is 10.7 Å². The molecular weight excluding hydrogens is 308 g/mol. The Morgan fingerprint density at radius 1 is 1.04 bits per heavy atom. The van der Waals surface area contributed by atoms with E-state index < -0.39 is 0 Å². The zero-order valence-electron chi connectivity index (χ0n) is 12.7. The Morgan fingerprint density at radius 2 is 1.91 bits per heavy atom. The molecule has 0 aromatic carbocycles. The molecule has 0 saturated carbocycles. The molecule has 1 fully saturated rings. The van der Waals surface area contributed by atoms with E-state index in [1.165, 1.54) is 0 Å². The molecule has 3 aromatic heterocycles. The van der Waals surface area contributed by atoms with Gasteiger partial charge in [0, 0.05) is 48.7 Å². The summed E-state index contributed by atoms with van der Waals surface area (Å²) in [6.07, 6.45) is 7.45. The molecule has 23 heavy (non-hydrogen) atoms. The Bertz CT molecular complexity index is 828. The first-order valence-corrected chi connectivity index (χ1v) is 8.25. The number of fused-ring (bicyclic) bond motifs is 1. The Kier molecular flexibility index (Phi) is 3.83. The van der Waals surface area contributed by atoms with Crippen LogP contribution in [0.2, 0.25) is 5.02 Å². The van der Waals surface area contributed by atoms with E-state index in [9.17, 15) is 0 Å². The predicted molar refractivity (Wildman–Crippen MR) is 93.0 cm³/mol. The number of rotatable bonds is 2. The summed E-state index contributed by atoms with van der Waals surface area (Å²) >= 11 is 6.25. The fourth-order valence-electron chi connectivity index (χ4n) is 3.24. The van der Waals surface area contributed by atoms with Crippen molar-refractivity contribution in [2.75, 3.05) is 18.0 Å². The van der Waals surface area contributed by atoms with Crippen LogP contribution in [0.15, 0.2) is 48.9 Å². The van der Waals surface area contributed by atoms with Crippen molar-refractivity contribution in [2.45, 2.75) is 18.8 Å². The second-order valence-electron chi connectivity index (χ2n) is 5.87. The van der Waals surface area contributed by atoms with Crippen LogP contribution in [-0.4, -0.2) is 28.0 Å². The topological polar surface area (TPSA) is 41.9 Å². The van der Waals surface area contributed by atoms with E-state index >= 15 is 0 Å². The van der Waals surface area contributed by atoms with E-state index in [0.717, 1.165) is 53.4 Å². The van der Waals surface area contributed by atoms with Gasteiger partial charge in [0.25, 0.3) is 0 Å². The van der Waals surface area contributed by atoms with Gasteiger partial charge in [-0.2, -0.15) is 0 Å². The molecule has 4 rings (SSSR count). The maximum Gasteiger partial charge on any atom is 0.159 e. The van der Waals surface area contributed by atoms with Gasteiger partial charge in [-0.05, 0) is 43.2 Å². The average Bonchev–Trinajstić information content (AvgIpc) is 2.62. The summed E-state index contributed by atoms with van der Waals surface area (Å²) in [6.45, 7) is 1.96. The summed E-state index contributed by atoms with van der Waals surface area (Å²) in [6, 6.07) is 10.2. The van der Waals surface area contributed by atoms with Crippen molar-refractivity contribution >= 4 is 28.3 Å². The first kappa shape index (κ1) is 14.4. The Hall–Kier alpha value is -2.20. The number of aromatic nitrogens is 3. The van der Waals surface area contributed by atoms with Crippen molar-refractivity contribution < 1.29 is 0 Å². The smallest absolute Gasteiger partial charge is 0.159 e. The summed E-state index contributed by atoms with van der Waals surface area (Å²) in [7, 11) is 0. The Morgan fingerprint density at radius 3 is 2.74 bits per heavy atom. The molecule has 0 N–H and O–H groups in total. The Labute approximate surface area is 140 Å². The predicted octanol–water partition coefficient (Wildman–Crippen LogP) is 4.06. The summed E-state index contributed by atoms with van der Waals surface area (Å²) < 4.78 is 0. The molecule has 0 bridgehead atoms. The summed E-state index contributed by atoms with van der Waals surface area (Å²) in [5.74, 6) is 0.485. The van der Waals surface area contributed by atoms with E-state index in [1.54, 1.807) is 18.6 Å². The lowest BCUT2D eigenvalue weighted by atomic mass is 9.92. The van der Waals surface area contributed by atoms with Gasteiger partial charge in [-0.3, -0.25) is 4.98 Å². The number of nitrogens with zero attached hydrogens (tertiary/aromatic N) is 4. The largest absolute Gasteiger partial charge is 0.370 e. The number of anilines is 1. The standard InChI is InChI=1S/C18H17ClN4/c19-15-12-20-9-5-17(15)23-10-6-13(7-11-23)16-4-3-14-2-1-8-21-18(14)22-16/h1-5,8-9,12-13H,6-7,10-11H2. The number of hydrogen-bond acceptors (Lipinski definition) is 4. The minimum atomic E-state index is 0.485. The number of halogens is 1. The molecule has 1 aliphatic rings. The molecule has 116 valence electrons. The van der Waals surface area contributed by atoms with Gasteiger partial charge in [0.15, 0.2) is 5.65 Å². The molecule has 0 aliphatic carbocycles. The van der Waals surface area contributed by atoms with Crippen LogP contribution in [-0.2, 0) is 0 Å². The highest BCUT2D eigenvalue weighted by molar-refractivity contribution is 6.33. The van der Waals surface area contributed by atoms with Gasteiger partial charge >= 0.3 is 0 Å². The van der Waals surface area contributed by atoms with Crippen molar-refractivity contribution in [3.05, 3.63) is 59.6 Å². The molecule has 0 amide bonds. The molecule has 1 aliphatic heterocycles. The van der Waals surface area contributed by atoms with Crippen molar-refractivity contribution in [3.8, 4) is 0 Å². The summed E-state index contributed by atoms with van der Waals surface area (Å²) in [4.78, 5) is 15.5. The van der Waals surface area contributed by atoms with Crippen LogP contribution in [0.1, 0.15) is 24.5 Å². The third-order valence-corrected chi connectivity index (χ3v) is 4.78. The summed E-state index contributed by atoms with van der Waals surface area (Å²) in [5.41, 5.74) is 3.06. The van der Waals surface area contributed by atoms with Crippen LogP contribution in [0.3, 0.4) is 0 Å². The van der Waals surface area contributed by atoms with E-state index in [-0.39, 0.29) is 0 Å². The lowest BCUT2D eigenvalue weighted by molar-refractivity contribution is 0.497. The second-order valence-corrected chi connectivity index (χ2v) is 6.28. The van der Waals surface area contributed by atoms with Crippen LogP contribution >= 0.6 is 11.6 Å². The zero-order valence-corrected chi connectivity index (χ0v) is 13.4. The minimum absolute atomic E-state index is 0.485. The quantitative estimate of drug-likeness (QED) is 0.713. The van der Waals surface area contributed by atoms with Crippen molar-refractivity contribution in [1.82, 2.24) is 15.0 Å². The third kappa shape index (κ3) is 2.86. The lowest BCUT2D eigenvalue weighted by Crippen LogP contribution is -2.33. The van der Waals surface area contributed by atoms with Crippen LogP contribution < -0.4 is 4.90 Å². The number of pyridine rings is 3. The molecule has 1 saturated heterocycles. The molecular formula is C18H17ClN4. The fraction of sp³-hybridized carbons (Fsp3) is 0.278. The number of piperidine rings is 1. The van der Waals surface area contributed by atoms with Crippen LogP contribution in [0.5, 0.6) is 0 Å². The van der Waals surface area contributed by atoms with E-state index in [4.69, 9.17) is 16.6 Å². The van der Waals surface area contributed by atoms with Gasteiger partial charge in [-0.15, -0.1) is 0 Å². The fourth-order valence-corrected chi connectivity index (χ4v) is 3.47. The first-order valence-electron chi connectivity index (χ1n) is 7.87. The maximum atomic E-state index is 6.25. The van der Waals surface area contributed by atoms with Crippen molar-refractivity contribution in [1.29, 1.82) is 0 Å². The third-order valence-electron chi connectivity index (χ3n) is 4.49. The highest BCUT2D eigenvalue weighted by Crippen LogP contribution is 2.32. The van der Waals surface area contributed by atoms with Gasteiger partial charge in [0.2, 0.25) is 0 Å². The van der Waals surface area contributed by atoms with Gasteiger partial charge in [-0.1, -0.05) is 11.6 Å².